The van der Waals surface area contributed by atoms with Crippen molar-refractivity contribution in [2.45, 2.75) is 19.1 Å². The van der Waals surface area contributed by atoms with E-state index in [2.05, 4.69) is 5.43 Å². The minimum Gasteiger partial charge on any atom is -0.442 e. The zero-order valence-electron chi connectivity index (χ0n) is 19.2. The second-order valence-electron chi connectivity index (χ2n) is 8.48. The number of benzene rings is 2. The van der Waals surface area contributed by atoms with Crippen molar-refractivity contribution in [3.63, 3.8) is 0 Å². The molecule has 2 amide bonds. The standard InChI is InChI=1S/C23H26F4N6O3/c24-18-9-16(33-13-17(36-23(33)35)11-29-22(34)21(26)27)10-19(25)20(18)31-6-5-30-32(8-7-31)12-14-1-3-15(28)4-2-14/h1-4,9-10,17,21,30H,5-8,11-13,28H2,(H,29,34)/t17-/m0/s1. The molecule has 0 aliphatic carbocycles. The normalized spacial score (nSPS) is 18.9. The number of hydrazine groups is 1. The minimum absolute atomic E-state index is 0.0700. The van der Waals surface area contributed by atoms with Crippen molar-refractivity contribution >= 4 is 29.1 Å². The number of nitrogen functional groups attached to an aromatic ring is 1. The van der Waals surface area contributed by atoms with Gasteiger partial charge in [-0.05, 0) is 17.7 Å². The van der Waals surface area contributed by atoms with Crippen molar-refractivity contribution in [2.75, 3.05) is 54.8 Å². The average Bonchev–Trinajstić information content (AvgIpc) is 3.06. The second-order valence-corrected chi connectivity index (χ2v) is 8.48. The van der Waals surface area contributed by atoms with E-state index in [4.69, 9.17) is 10.5 Å². The van der Waals surface area contributed by atoms with Gasteiger partial charge in [0.25, 0.3) is 5.91 Å². The molecule has 0 radical (unpaired) electrons. The highest BCUT2D eigenvalue weighted by atomic mass is 19.3. The van der Waals surface area contributed by atoms with Crippen LogP contribution in [0.4, 0.5) is 39.4 Å². The Morgan fingerprint density at radius 3 is 2.50 bits per heavy atom. The largest absolute Gasteiger partial charge is 0.442 e. The van der Waals surface area contributed by atoms with Gasteiger partial charge in [0.1, 0.15) is 11.8 Å². The van der Waals surface area contributed by atoms with Crippen LogP contribution in [0.25, 0.3) is 0 Å². The van der Waals surface area contributed by atoms with E-state index in [9.17, 15) is 18.4 Å². The molecule has 0 bridgehead atoms. The molecule has 0 spiro atoms. The molecule has 36 heavy (non-hydrogen) atoms. The molecule has 2 aromatic carbocycles. The lowest BCUT2D eigenvalue weighted by Gasteiger charge is -2.25. The highest BCUT2D eigenvalue weighted by molar-refractivity contribution is 5.90. The summed E-state index contributed by atoms with van der Waals surface area (Å²) < 4.78 is 59.8. The van der Waals surface area contributed by atoms with Gasteiger partial charge in [0.15, 0.2) is 11.6 Å². The molecule has 9 nitrogen and oxygen atoms in total. The number of hydrogen-bond acceptors (Lipinski definition) is 7. The van der Waals surface area contributed by atoms with E-state index in [1.54, 1.807) is 4.90 Å². The Bertz CT molecular complexity index is 1080. The fourth-order valence-corrected chi connectivity index (χ4v) is 4.12. The number of cyclic esters (lactones) is 1. The van der Waals surface area contributed by atoms with Crippen molar-refractivity contribution in [1.82, 2.24) is 15.8 Å². The maximum absolute atomic E-state index is 15.1. The van der Waals surface area contributed by atoms with E-state index in [0.717, 1.165) is 22.6 Å². The molecule has 194 valence electrons. The molecule has 0 unspecified atom stereocenters. The maximum atomic E-state index is 15.1. The van der Waals surface area contributed by atoms with Crippen molar-refractivity contribution in [1.29, 1.82) is 0 Å². The number of rotatable bonds is 7. The zero-order valence-corrected chi connectivity index (χ0v) is 19.2. The third kappa shape index (κ3) is 5.97. The smallest absolute Gasteiger partial charge is 0.414 e. The van der Waals surface area contributed by atoms with Crippen LogP contribution in [-0.2, 0) is 16.1 Å². The Kier molecular flexibility index (Phi) is 7.79. The van der Waals surface area contributed by atoms with Gasteiger partial charge in [-0.15, -0.1) is 0 Å². The molecule has 2 aliphatic rings. The molecule has 0 aromatic heterocycles. The molecule has 0 saturated carbocycles. The van der Waals surface area contributed by atoms with Gasteiger partial charge in [0, 0.05) is 50.5 Å². The lowest BCUT2D eigenvalue weighted by atomic mass is 10.2. The number of carbonyl (C=O) groups excluding carboxylic acids is 2. The van der Waals surface area contributed by atoms with Gasteiger partial charge in [-0.1, -0.05) is 12.1 Å². The highest BCUT2D eigenvalue weighted by Gasteiger charge is 2.34. The highest BCUT2D eigenvalue weighted by Crippen LogP contribution is 2.31. The molecule has 2 aromatic rings. The number of hydrogen-bond donors (Lipinski definition) is 3. The number of carbonyl (C=O) groups is 2. The van der Waals surface area contributed by atoms with Gasteiger partial charge in [-0.2, -0.15) is 8.78 Å². The van der Waals surface area contributed by atoms with E-state index in [-0.39, 0.29) is 24.5 Å². The summed E-state index contributed by atoms with van der Waals surface area (Å²) in [7, 11) is 0. The van der Waals surface area contributed by atoms with E-state index in [1.807, 2.05) is 34.6 Å². The predicted molar refractivity (Wildman–Crippen MR) is 124 cm³/mol. The van der Waals surface area contributed by atoms with Crippen molar-refractivity contribution in [3.8, 4) is 0 Å². The Morgan fingerprint density at radius 2 is 1.83 bits per heavy atom. The number of nitrogens with zero attached hydrogens (tertiary/aromatic N) is 3. The molecular formula is C23H26F4N6O3. The van der Waals surface area contributed by atoms with Crippen molar-refractivity contribution in [2.24, 2.45) is 0 Å². The van der Waals surface area contributed by atoms with Crippen LogP contribution in [0.1, 0.15) is 5.56 Å². The average molecular weight is 510 g/mol. The first kappa shape index (κ1) is 25.5. The first-order chi connectivity index (χ1) is 17.2. The molecule has 2 saturated heterocycles. The van der Waals surface area contributed by atoms with Gasteiger partial charge >= 0.3 is 12.5 Å². The quantitative estimate of drug-likeness (QED) is 0.387. The van der Waals surface area contributed by atoms with Gasteiger partial charge in [0.05, 0.1) is 18.8 Å². The summed E-state index contributed by atoms with van der Waals surface area (Å²) in [5.74, 6) is -3.19. The molecule has 13 heteroatoms. The first-order valence-corrected chi connectivity index (χ1v) is 11.3. The third-order valence-corrected chi connectivity index (χ3v) is 5.92. The van der Waals surface area contributed by atoms with Crippen LogP contribution in [-0.4, -0.2) is 68.8 Å². The first-order valence-electron chi connectivity index (χ1n) is 11.3. The fraction of sp³-hybridized carbons (Fsp3) is 0.391. The monoisotopic (exact) mass is 510 g/mol. The van der Waals surface area contributed by atoms with Crippen molar-refractivity contribution < 1.29 is 31.9 Å². The predicted octanol–water partition coefficient (Wildman–Crippen LogP) is 2.08. The van der Waals surface area contributed by atoms with Crippen molar-refractivity contribution in [3.05, 3.63) is 53.6 Å². The number of nitrogens with two attached hydrogens (primary N) is 1. The van der Waals surface area contributed by atoms with Crippen LogP contribution < -0.4 is 26.3 Å². The van der Waals surface area contributed by atoms with Crippen LogP contribution in [0.5, 0.6) is 0 Å². The molecule has 4 rings (SSSR count). The Hall–Kier alpha value is -3.58. The number of nitrogens with one attached hydrogen (secondary N) is 2. The number of amides is 2. The van der Waals surface area contributed by atoms with E-state index < -0.39 is 36.2 Å². The van der Waals surface area contributed by atoms with Gasteiger partial charge in [0.2, 0.25) is 0 Å². The fourth-order valence-electron chi connectivity index (χ4n) is 4.12. The molecule has 2 aliphatic heterocycles. The summed E-state index contributed by atoms with van der Waals surface area (Å²) in [6.45, 7) is 1.75. The second kappa shape index (κ2) is 11.0. The number of ether oxygens (including phenoxy) is 1. The van der Waals surface area contributed by atoms with Crippen LogP contribution in [0.15, 0.2) is 36.4 Å². The molecule has 2 fully saturated rings. The van der Waals surface area contributed by atoms with Crippen LogP contribution in [0.2, 0.25) is 0 Å². The van der Waals surface area contributed by atoms with Crippen LogP contribution in [0, 0.1) is 11.6 Å². The summed E-state index contributed by atoms with van der Waals surface area (Å²) >= 11 is 0. The summed E-state index contributed by atoms with van der Waals surface area (Å²) in [5, 5.41) is 3.92. The summed E-state index contributed by atoms with van der Waals surface area (Å²) in [5.41, 5.74) is 10.4. The summed E-state index contributed by atoms with van der Waals surface area (Å²) in [4.78, 5) is 25.8. The van der Waals surface area contributed by atoms with Gasteiger partial charge in [-0.25, -0.2) is 18.6 Å². The van der Waals surface area contributed by atoms with Crippen LogP contribution >= 0.6 is 0 Å². The Balaban J connectivity index is 1.40. The molecular weight excluding hydrogens is 484 g/mol. The molecule has 4 N–H and O–H groups in total. The SMILES string of the molecule is Nc1ccc(CN2CCN(c3c(F)cc(N4C[C@H](CNC(=O)C(F)F)OC4=O)cc3F)CCN2)cc1. The van der Waals surface area contributed by atoms with Gasteiger partial charge in [-0.3, -0.25) is 15.1 Å². The summed E-state index contributed by atoms with van der Waals surface area (Å²) in [6, 6.07) is 9.51. The maximum Gasteiger partial charge on any atom is 0.414 e. The molecule has 1 atom stereocenters. The molecule has 2 heterocycles. The number of alkyl halides is 2. The summed E-state index contributed by atoms with van der Waals surface area (Å²) in [6.07, 6.45) is -5.03. The Morgan fingerprint density at radius 1 is 1.14 bits per heavy atom. The van der Waals surface area contributed by atoms with E-state index in [0.29, 0.717) is 38.4 Å². The minimum atomic E-state index is -3.20. The van der Waals surface area contributed by atoms with E-state index in [1.165, 1.54) is 0 Å². The Labute approximate surface area is 204 Å². The zero-order chi connectivity index (χ0) is 25.8. The topological polar surface area (TPSA) is 103 Å². The van der Waals surface area contributed by atoms with E-state index >= 15 is 8.78 Å². The number of anilines is 3. The lowest BCUT2D eigenvalue weighted by molar-refractivity contribution is -0.132. The van der Waals surface area contributed by atoms with Crippen LogP contribution in [0.3, 0.4) is 0 Å². The van der Waals surface area contributed by atoms with Gasteiger partial charge < -0.3 is 20.7 Å². The lowest BCUT2D eigenvalue weighted by Crippen LogP contribution is -2.38. The third-order valence-electron chi connectivity index (χ3n) is 5.92. The number of halogens is 4.